The molecule has 4 heteroatoms. The molecule has 4 rings (SSSR count). The molecule has 1 N–H and O–H groups in total. The number of aromatic hydroxyl groups is 1. The zero-order valence-corrected chi connectivity index (χ0v) is 14.7. The molecular formula is C23H18N2O2. The normalized spacial score (nSPS) is 15.4. The van der Waals surface area contributed by atoms with Crippen LogP contribution < -0.4 is 0 Å². The fourth-order valence-electron chi connectivity index (χ4n) is 3.66. The summed E-state index contributed by atoms with van der Waals surface area (Å²) in [5.41, 5.74) is 4.24. The van der Waals surface area contributed by atoms with E-state index in [2.05, 4.69) is 6.07 Å². The van der Waals surface area contributed by atoms with Gasteiger partial charge in [-0.2, -0.15) is 5.26 Å². The van der Waals surface area contributed by atoms with Crippen molar-refractivity contribution in [2.75, 3.05) is 0 Å². The summed E-state index contributed by atoms with van der Waals surface area (Å²) in [6.45, 7) is 0.452. The Kier molecular flexibility index (Phi) is 4.35. The van der Waals surface area contributed by atoms with E-state index in [0.29, 0.717) is 18.5 Å². The highest BCUT2D eigenvalue weighted by Crippen LogP contribution is 2.37. The van der Waals surface area contributed by atoms with E-state index in [4.69, 9.17) is 0 Å². The SMILES string of the molecule is N#Cc1ccccc1CC1c2ccccc2C(=O)N1Cc1ccc(O)cc1. The number of hydrogen-bond acceptors (Lipinski definition) is 3. The maximum Gasteiger partial charge on any atom is 0.255 e. The number of amides is 1. The van der Waals surface area contributed by atoms with E-state index < -0.39 is 0 Å². The van der Waals surface area contributed by atoms with Crippen LogP contribution in [0.4, 0.5) is 0 Å². The van der Waals surface area contributed by atoms with Crippen molar-refractivity contribution in [3.63, 3.8) is 0 Å². The summed E-state index contributed by atoms with van der Waals surface area (Å²) < 4.78 is 0. The molecule has 4 nitrogen and oxygen atoms in total. The predicted octanol–water partition coefficient (Wildman–Crippen LogP) is 4.20. The number of benzene rings is 3. The molecule has 1 amide bonds. The monoisotopic (exact) mass is 354 g/mol. The molecule has 27 heavy (non-hydrogen) atoms. The largest absolute Gasteiger partial charge is 0.508 e. The highest BCUT2D eigenvalue weighted by atomic mass is 16.3. The second kappa shape index (κ2) is 6.97. The van der Waals surface area contributed by atoms with Gasteiger partial charge in [0.1, 0.15) is 5.75 Å². The lowest BCUT2D eigenvalue weighted by atomic mass is 9.95. The number of nitriles is 1. The third kappa shape index (κ3) is 3.16. The standard InChI is InChI=1S/C23H18N2O2/c24-14-18-6-2-1-5-17(18)13-22-20-7-3-4-8-21(20)23(27)25(22)15-16-9-11-19(26)12-10-16/h1-12,22,26H,13,15H2. The highest BCUT2D eigenvalue weighted by molar-refractivity contribution is 5.99. The van der Waals surface area contributed by atoms with E-state index in [1.165, 1.54) is 0 Å². The molecule has 0 saturated heterocycles. The number of phenols is 1. The number of nitrogens with zero attached hydrogens (tertiary/aromatic N) is 2. The van der Waals surface area contributed by atoms with E-state index in [-0.39, 0.29) is 17.7 Å². The van der Waals surface area contributed by atoms with Crippen LogP contribution in [0, 0.1) is 11.3 Å². The van der Waals surface area contributed by atoms with Gasteiger partial charge in [0.05, 0.1) is 17.7 Å². The van der Waals surface area contributed by atoms with Gasteiger partial charge in [-0.3, -0.25) is 4.79 Å². The van der Waals surface area contributed by atoms with Crippen molar-refractivity contribution < 1.29 is 9.90 Å². The van der Waals surface area contributed by atoms with Gasteiger partial charge in [0.15, 0.2) is 0 Å². The molecule has 3 aromatic rings. The molecule has 0 saturated carbocycles. The van der Waals surface area contributed by atoms with Gasteiger partial charge < -0.3 is 10.0 Å². The van der Waals surface area contributed by atoms with Crippen molar-refractivity contribution in [1.82, 2.24) is 4.90 Å². The Hall–Kier alpha value is -3.58. The first-order valence-corrected chi connectivity index (χ1v) is 8.83. The van der Waals surface area contributed by atoms with E-state index in [9.17, 15) is 15.2 Å². The van der Waals surface area contributed by atoms with Crippen molar-refractivity contribution in [1.29, 1.82) is 5.26 Å². The molecule has 1 unspecified atom stereocenters. The minimum Gasteiger partial charge on any atom is -0.508 e. The second-order valence-corrected chi connectivity index (χ2v) is 6.68. The van der Waals surface area contributed by atoms with E-state index in [1.54, 1.807) is 12.1 Å². The first-order chi connectivity index (χ1) is 13.2. The summed E-state index contributed by atoms with van der Waals surface area (Å²) in [7, 11) is 0. The molecule has 0 aromatic heterocycles. The Labute approximate surface area is 157 Å². The molecule has 0 spiro atoms. The predicted molar refractivity (Wildman–Crippen MR) is 102 cm³/mol. The van der Waals surface area contributed by atoms with Gasteiger partial charge in [0, 0.05) is 12.1 Å². The molecule has 0 fully saturated rings. The minimum atomic E-state index is -0.128. The van der Waals surface area contributed by atoms with E-state index in [0.717, 1.165) is 22.3 Å². The topological polar surface area (TPSA) is 64.3 Å². The first-order valence-electron chi connectivity index (χ1n) is 8.83. The summed E-state index contributed by atoms with van der Waals surface area (Å²) in [6, 6.07) is 24.2. The Bertz CT molecular complexity index is 1030. The molecule has 3 aromatic carbocycles. The van der Waals surface area contributed by atoms with Gasteiger partial charge in [-0.25, -0.2) is 0 Å². The zero-order valence-electron chi connectivity index (χ0n) is 14.7. The van der Waals surface area contributed by atoms with Crippen LogP contribution in [0.25, 0.3) is 0 Å². The summed E-state index contributed by atoms with van der Waals surface area (Å²) in [5, 5.41) is 18.9. The van der Waals surface area contributed by atoms with Crippen LogP contribution in [-0.2, 0) is 13.0 Å². The van der Waals surface area contributed by atoms with Gasteiger partial charge >= 0.3 is 0 Å². The van der Waals surface area contributed by atoms with Gasteiger partial charge in [-0.1, -0.05) is 48.5 Å². The van der Waals surface area contributed by atoms with Gasteiger partial charge in [0.2, 0.25) is 0 Å². The lowest BCUT2D eigenvalue weighted by Crippen LogP contribution is -2.29. The van der Waals surface area contributed by atoms with Crippen molar-refractivity contribution in [3.8, 4) is 11.8 Å². The lowest BCUT2D eigenvalue weighted by molar-refractivity contribution is 0.0709. The first kappa shape index (κ1) is 16.9. The van der Waals surface area contributed by atoms with Crippen LogP contribution in [0.2, 0.25) is 0 Å². The molecule has 1 aliphatic rings. The van der Waals surface area contributed by atoms with Crippen molar-refractivity contribution in [3.05, 3.63) is 101 Å². The molecule has 1 atom stereocenters. The minimum absolute atomic E-state index is 0.00175. The van der Waals surface area contributed by atoms with Crippen LogP contribution >= 0.6 is 0 Å². The van der Waals surface area contributed by atoms with Crippen LogP contribution in [-0.4, -0.2) is 15.9 Å². The van der Waals surface area contributed by atoms with Crippen LogP contribution in [0.5, 0.6) is 5.75 Å². The van der Waals surface area contributed by atoms with Gasteiger partial charge in [-0.05, 0) is 47.4 Å². The van der Waals surface area contributed by atoms with Crippen molar-refractivity contribution >= 4 is 5.91 Å². The Morgan fingerprint density at radius 1 is 0.963 bits per heavy atom. The summed E-state index contributed by atoms with van der Waals surface area (Å²) in [5.74, 6) is 0.201. The molecule has 1 heterocycles. The third-order valence-corrected chi connectivity index (χ3v) is 5.03. The quantitative estimate of drug-likeness (QED) is 0.763. The number of carbonyl (C=O) groups excluding carboxylic acids is 1. The smallest absolute Gasteiger partial charge is 0.255 e. The Morgan fingerprint density at radius 3 is 2.44 bits per heavy atom. The molecular weight excluding hydrogens is 336 g/mol. The van der Waals surface area contributed by atoms with E-state index in [1.807, 2.05) is 65.6 Å². The van der Waals surface area contributed by atoms with Gasteiger partial charge in [-0.15, -0.1) is 0 Å². The van der Waals surface area contributed by atoms with Crippen LogP contribution in [0.15, 0.2) is 72.8 Å². The zero-order chi connectivity index (χ0) is 18.8. The number of phenolic OH excluding ortho intramolecular Hbond substituents is 1. The molecule has 0 aliphatic carbocycles. The lowest BCUT2D eigenvalue weighted by Gasteiger charge is -2.26. The summed E-state index contributed by atoms with van der Waals surface area (Å²) >= 11 is 0. The van der Waals surface area contributed by atoms with Crippen LogP contribution in [0.3, 0.4) is 0 Å². The molecule has 0 bridgehead atoms. The number of hydrogen-bond donors (Lipinski definition) is 1. The van der Waals surface area contributed by atoms with Crippen molar-refractivity contribution in [2.24, 2.45) is 0 Å². The summed E-state index contributed by atoms with van der Waals surface area (Å²) in [6.07, 6.45) is 0.588. The Morgan fingerprint density at radius 2 is 1.67 bits per heavy atom. The number of rotatable bonds is 4. The maximum atomic E-state index is 13.0. The van der Waals surface area contributed by atoms with Gasteiger partial charge in [0.25, 0.3) is 5.91 Å². The maximum absolute atomic E-state index is 13.0. The average molecular weight is 354 g/mol. The molecule has 1 aliphatic heterocycles. The fraction of sp³-hybridized carbons (Fsp3) is 0.130. The number of carbonyl (C=O) groups is 1. The van der Waals surface area contributed by atoms with Crippen LogP contribution in [0.1, 0.15) is 38.7 Å². The average Bonchev–Trinajstić information content (AvgIpc) is 2.96. The second-order valence-electron chi connectivity index (χ2n) is 6.68. The molecule has 132 valence electrons. The Balaban J connectivity index is 1.71. The summed E-state index contributed by atoms with van der Waals surface area (Å²) in [4.78, 5) is 14.9. The number of fused-ring (bicyclic) bond motifs is 1. The fourth-order valence-corrected chi connectivity index (χ4v) is 3.66. The van der Waals surface area contributed by atoms with E-state index >= 15 is 0 Å². The molecule has 0 radical (unpaired) electrons. The van der Waals surface area contributed by atoms with Crippen molar-refractivity contribution in [2.45, 2.75) is 19.0 Å². The highest BCUT2D eigenvalue weighted by Gasteiger charge is 2.36. The third-order valence-electron chi connectivity index (χ3n) is 5.03.